The number of pyridine rings is 1. The summed E-state index contributed by atoms with van der Waals surface area (Å²) in [6, 6.07) is 7.40. The Morgan fingerprint density at radius 3 is 1.97 bits per heavy atom. The molecule has 1 nitrogen and oxygen atoms in total. The number of aryl methyl sites for hydroxylation is 2. The van der Waals surface area contributed by atoms with Crippen molar-refractivity contribution in [2.75, 3.05) is 0 Å². The first-order valence-corrected chi connectivity index (χ1v) is 10.7. The highest BCUT2D eigenvalue weighted by Gasteiger charge is 2.80. The number of alkyl halides is 6. The summed E-state index contributed by atoms with van der Waals surface area (Å²) in [7, 11) is 0. The zero-order valence-corrected chi connectivity index (χ0v) is 17.9. The lowest BCUT2D eigenvalue weighted by atomic mass is 9.95. The van der Waals surface area contributed by atoms with Crippen LogP contribution >= 0.6 is 22.7 Å². The van der Waals surface area contributed by atoms with E-state index < -0.39 is 28.9 Å². The Bertz CT molecular complexity index is 1200. The van der Waals surface area contributed by atoms with Crippen molar-refractivity contribution < 1.29 is 26.3 Å². The van der Waals surface area contributed by atoms with Crippen LogP contribution in [-0.2, 0) is 0 Å². The second-order valence-corrected chi connectivity index (χ2v) is 9.64. The highest BCUT2D eigenvalue weighted by Crippen LogP contribution is 2.65. The van der Waals surface area contributed by atoms with Gasteiger partial charge in [-0.2, -0.15) is 26.3 Å². The number of halogens is 6. The third-order valence-electron chi connectivity index (χ3n) is 5.18. The minimum atomic E-state index is -5.58. The summed E-state index contributed by atoms with van der Waals surface area (Å²) in [4.78, 5) is 5.42. The molecule has 3 aromatic heterocycles. The van der Waals surface area contributed by atoms with Crippen LogP contribution in [0.3, 0.4) is 0 Å². The molecule has 0 unspecified atom stereocenters. The van der Waals surface area contributed by atoms with E-state index in [9.17, 15) is 17.6 Å². The minimum Gasteiger partial charge on any atom is -0.255 e. The van der Waals surface area contributed by atoms with Gasteiger partial charge in [0.15, 0.2) is 0 Å². The van der Waals surface area contributed by atoms with Gasteiger partial charge in [0.05, 0.1) is 10.6 Å². The Morgan fingerprint density at radius 1 is 0.871 bits per heavy atom. The molecule has 0 fully saturated rings. The summed E-state index contributed by atoms with van der Waals surface area (Å²) in [6.07, 6.45) is 2.85. The first-order chi connectivity index (χ1) is 14.4. The van der Waals surface area contributed by atoms with Crippen LogP contribution < -0.4 is 0 Å². The molecule has 0 radical (unpaired) electrons. The molecule has 0 saturated heterocycles. The normalized spacial score (nSPS) is 19.1. The van der Waals surface area contributed by atoms with Gasteiger partial charge in [0.2, 0.25) is 0 Å². The summed E-state index contributed by atoms with van der Waals surface area (Å²) in [5.41, 5.74) is -2.88. The molecule has 3 heterocycles. The standard InChI is InChI=1S/C22H15F6NS2/c1-4-13-9-14(11(2)30-13)18-19(21(25,26)22(27,28)20(18,23)24)15-10-17(31-12(15)3)16-7-5-6-8-29-16/h4-10H,1H2,2-3H3. The van der Waals surface area contributed by atoms with Crippen molar-refractivity contribution in [3.63, 3.8) is 0 Å². The van der Waals surface area contributed by atoms with Crippen molar-refractivity contribution in [2.24, 2.45) is 0 Å². The van der Waals surface area contributed by atoms with Crippen LogP contribution in [0.1, 0.15) is 25.8 Å². The predicted octanol–water partition coefficient (Wildman–Crippen LogP) is 7.96. The number of allylic oxidation sites excluding steroid dienone is 2. The second-order valence-electron chi connectivity index (χ2n) is 7.09. The van der Waals surface area contributed by atoms with E-state index in [0.717, 1.165) is 22.7 Å². The minimum absolute atomic E-state index is 0.221. The molecular formula is C22H15F6NS2. The lowest BCUT2D eigenvalue weighted by Crippen LogP contribution is -2.48. The highest BCUT2D eigenvalue weighted by atomic mass is 32.1. The first kappa shape index (κ1) is 21.8. The Balaban J connectivity index is 2.05. The van der Waals surface area contributed by atoms with Gasteiger partial charge >= 0.3 is 17.8 Å². The molecule has 0 atom stereocenters. The van der Waals surface area contributed by atoms with Gasteiger partial charge in [-0.15, -0.1) is 22.7 Å². The predicted molar refractivity (Wildman–Crippen MR) is 113 cm³/mol. The van der Waals surface area contributed by atoms with E-state index in [-0.39, 0.29) is 20.9 Å². The number of aromatic nitrogens is 1. The Labute approximate surface area is 182 Å². The van der Waals surface area contributed by atoms with E-state index in [2.05, 4.69) is 11.6 Å². The molecule has 0 bridgehead atoms. The fraction of sp³-hybridized carbons (Fsp3) is 0.227. The lowest BCUT2D eigenvalue weighted by Gasteiger charge is -2.25. The molecule has 1 aliphatic carbocycles. The van der Waals surface area contributed by atoms with Crippen molar-refractivity contribution in [3.05, 3.63) is 68.9 Å². The first-order valence-electron chi connectivity index (χ1n) is 9.07. The van der Waals surface area contributed by atoms with Gasteiger partial charge in [-0.05, 0) is 49.2 Å². The average Bonchev–Trinajstić information content (AvgIpc) is 3.30. The van der Waals surface area contributed by atoms with Crippen molar-refractivity contribution in [1.29, 1.82) is 0 Å². The molecule has 9 heteroatoms. The number of thiophene rings is 2. The maximum absolute atomic E-state index is 15.0. The van der Waals surface area contributed by atoms with E-state index in [1.807, 2.05) is 0 Å². The average molecular weight is 471 g/mol. The van der Waals surface area contributed by atoms with E-state index in [4.69, 9.17) is 0 Å². The molecule has 4 rings (SSSR count). The quantitative estimate of drug-likeness (QED) is 0.352. The molecule has 0 aliphatic heterocycles. The van der Waals surface area contributed by atoms with Gasteiger partial charge in [0.1, 0.15) is 0 Å². The molecule has 31 heavy (non-hydrogen) atoms. The molecule has 0 spiro atoms. The number of rotatable bonds is 4. The maximum atomic E-state index is 15.0. The fourth-order valence-corrected chi connectivity index (χ4v) is 5.54. The molecule has 0 saturated carbocycles. The van der Waals surface area contributed by atoms with Crippen LogP contribution in [0.25, 0.3) is 27.8 Å². The van der Waals surface area contributed by atoms with E-state index in [1.54, 1.807) is 18.2 Å². The van der Waals surface area contributed by atoms with Crippen molar-refractivity contribution in [1.82, 2.24) is 4.98 Å². The largest absolute Gasteiger partial charge is 0.380 e. The van der Waals surface area contributed by atoms with E-state index in [1.165, 1.54) is 38.3 Å². The summed E-state index contributed by atoms with van der Waals surface area (Å²) in [5, 5.41) is 0. The molecule has 3 aromatic rings. The SMILES string of the molecule is C=Cc1cc(C2=C(c3cc(-c4ccccn4)sc3C)C(F)(F)C(F)(F)C2(F)F)c(C)s1. The van der Waals surface area contributed by atoms with Crippen LogP contribution in [0.4, 0.5) is 26.3 Å². The monoisotopic (exact) mass is 471 g/mol. The smallest absolute Gasteiger partial charge is 0.255 e. The van der Waals surface area contributed by atoms with Gasteiger partial charge in [-0.1, -0.05) is 18.7 Å². The topological polar surface area (TPSA) is 12.9 Å². The molecule has 162 valence electrons. The van der Waals surface area contributed by atoms with Gasteiger partial charge < -0.3 is 0 Å². The van der Waals surface area contributed by atoms with Crippen molar-refractivity contribution >= 4 is 39.9 Å². The van der Waals surface area contributed by atoms with Crippen LogP contribution in [0.5, 0.6) is 0 Å². The van der Waals surface area contributed by atoms with Gasteiger partial charge in [0, 0.05) is 32.0 Å². The summed E-state index contributed by atoms with van der Waals surface area (Å²) in [5.74, 6) is -15.7. The molecule has 1 aliphatic rings. The summed E-state index contributed by atoms with van der Waals surface area (Å²) in [6.45, 7) is 6.41. The third kappa shape index (κ3) is 3.01. The van der Waals surface area contributed by atoms with Gasteiger partial charge in [0.25, 0.3) is 0 Å². The van der Waals surface area contributed by atoms with Crippen LogP contribution in [0.2, 0.25) is 0 Å². The molecule has 0 N–H and O–H groups in total. The number of hydrogen-bond donors (Lipinski definition) is 0. The van der Waals surface area contributed by atoms with Gasteiger partial charge in [-0.3, -0.25) is 4.98 Å². The number of hydrogen-bond acceptors (Lipinski definition) is 3. The van der Waals surface area contributed by atoms with Crippen LogP contribution in [0, 0.1) is 13.8 Å². The van der Waals surface area contributed by atoms with E-state index in [0.29, 0.717) is 15.4 Å². The van der Waals surface area contributed by atoms with Crippen LogP contribution in [-0.4, -0.2) is 22.8 Å². The summed E-state index contributed by atoms with van der Waals surface area (Å²) >= 11 is 2.06. The Hall–Kier alpha value is -2.39. The fourth-order valence-electron chi connectivity index (χ4n) is 3.65. The van der Waals surface area contributed by atoms with Gasteiger partial charge in [-0.25, -0.2) is 0 Å². The Morgan fingerprint density at radius 2 is 1.45 bits per heavy atom. The van der Waals surface area contributed by atoms with Crippen molar-refractivity contribution in [3.8, 4) is 10.6 Å². The van der Waals surface area contributed by atoms with Crippen molar-refractivity contribution in [2.45, 2.75) is 31.6 Å². The molecule has 0 amide bonds. The lowest BCUT2D eigenvalue weighted by molar-refractivity contribution is -0.254. The zero-order chi connectivity index (χ0) is 22.8. The second kappa shape index (κ2) is 7.06. The van der Waals surface area contributed by atoms with Crippen LogP contribution in [0.15, 0.2) is 43.1 Å². The number of nitrogens with zero attached hydrogens (tertiary/aromatic N) is 1. The molecular weight excluding hydrogens is 456 g/mol. The van der Waals surface area contributed by atoms with E-state index >= 15 is 8.78 Å². The Kier molecular flexibility index (Phi) is 4.97. The molecule has 0 aromatic carbocycles. The maximum Gasteiger partial charge on any atom is 0.380 e. The highest BCUT2D eigenvalue weighted by molar-refractivity contribution is 7.15. The summed E-state index contributed by atoms with van der Waals surface area (Å²) < 4.78 is 88.9. The third-order valence-corrected chi connectivity index (χ3v) is 7.30. The zero-order valence-electron chi connectivity index (χ0n) is 16.3.